The summed E-state index contributed by atoms with van der Waals surface area (Å²) in [4.78, 5) is 29.3. The van der Waals surface area contributed by atoms with E-state index in [1.807, 2.05) is 11.6 Å². The Kier molecular flexibility index (Phi) is 5.99. The van der Waals surface area contributed by atoms with E-state index in [-0.39, 0.29) is 23.8 Å². The highest BCUT2D eigenvalue weighted by Gasteiger charge is 2.36. The van der Waals surface area contributed by atoms with E-state index in [0.29, 0.717) is 35.4 Å². The molecule has 0 aromatic carbocycles. The maximum absolute atomic E-state index is 12.4. The van der Waals surface area contributed by atoms with Crippen molar-refractivity contribution in [2.24, 2.45) is 17.8 Å². The highest BCUT2D eigenvalue weighted by Crippen LogP contribution is 2.38. The number of aromatic nitrogens is 2. The molecule has 2 amide bonds. The molecule has 0 spiro atoms. The number of rotatable bonds is 7. The van der Waals surface area contributed by atoms with Crippen molar-refractivity contribution in [1.82, 2.24) is 20.8 Å². The molecule has 0 radical (unpaired) electrons. The standard InChI is InChI=1S/C21H28N4O3S/c1-12-17(13(2)28-25-12)20(27)23-11-14-3-5-15(6-4-14)18(21-22-9-10-29-21)24-19(26)16-7-8-16/h9-10,14-16,18H,3-8,11H2,1-2H3,(H,23,27)(H,24,26)/t14?,15?,18-/m0/s1. The molecule has 4 rings (SSSR count). The lowest BCUT2D eigenvalue weighted by molar-refractivity contribution is -0.123. The molecule has 2 aliphatic rings. The quantitative estimate of drug-likeness (QED) is 0.719. The fourth-order valence-corrected chi connectivity index (χ4v) is 5.03. The molecule has 2 N–H and O–H groups in total. The summed E-state index contributed by atoms with van der Waals surface area (Å²) in [6, 6.07) is 0.0148. The van der Waals surface area contributed by atoms with Gasteiger partial charge in [-0.1, -0.05) is 5.16 Å². The molecule has 2 fully saturated rings. The van der Waals surface area contributed by atoms with Crippen molar-refractivity contribution in [3.63, 3.8) is 0 Å². The van der Waals surface area contributed by atoms with Gasteiger partial charge in [0, 0.05) is 24.0 Å². The summed E-state index contributed by atoms with van der Waals surface area (Å²) < 4.78 is 5.09. The van der Waals surface area contributed by atoms with Gasteiger partial charge < -0.3 is 15.2 Å². The molecule has 2 saturated carbocycles. The average molecular weight is 417 g/mol. The minimum atomic E-state index is -0.110. The van der Waals surface area contributed by atoms with Crippen LogP contribution in [0.4, 0.5) is 0 Å². The highest BCUT2D eigenvalue weighted by molar-refractivity contribution is 7.09. The van der Waals surface area contributed by atoms with Gasteiger partial charge in [-0.05, 0) is 64.2 Å². The van der Waals surface area contributed by atoms with E-state index in [1.165, 1.54) is 0 Å². The van der Waals surface area contributed by atoms with Crippen LogP contribution < -0.4 is 10.6 Å². The van der Waals surface area contributed by atoms with Crippen LogP contribution >= 0.6 is 11.3 Å². The first-order chi connectivity index (χ1) is 14.0. The summed E-state index contributed by atoms with van der Waals surface area (Å²) in [5.74, 6) is 1.68. The van der Waals surface area contributed by atoms with E-state index < -0.39 is 0 Å². The van der Waals surface area contributed by atoms with Crippen LogP contribution in [0, 0.1) is 31.6 Å². The van der Waals surface area contributed by atoms with Gasteiger partial charge in [-0.2, -0.15) is 0 Å². The molecule has 7 nitrogen and oxygen atoms in total. The third kappa shape index (κ3) is 4.69. The van der Waals surface area contributed by atoms with Gasteiger partial charge in [-0.15, -0.1) is 11.3 Å². The fraction of sp³-hybridized carbons (Fsp3) is 0.619. The molecule has 2 aromatic rings. The van der Waals surface area contributed by atoms with Gasteiger partial charge in [-0.3, -0.25) is 9.59 Å². The van der Waals surface area contributed by atoms with Crippen LogP contribution in [-0.2, 0) is 4.79 Å². The van der Waals surface area contributed by atoms with E-state index in [1.54, 1.807) is 25.2 Å². The predicted octanol–water partition coefficient (Wildman–Crippen LogP) is 3.55. The number of thiazole rings is 1. The van der Waals surface area contributed by atoms with Gasteiger partial charge in [0.15, 0.2) is 0 Å². The number of nitrogens with one attached hydrogen (secondary N) is 2. The Bertz CT molecular complexity index is 832. The molecule has 0 aliphatic heterocycles. The van der Waals surface area contributed by atoms with Crippen LogP contribution in [0.15, 0.2) is 16.1 Å². The number of aryl methyl sites for hydroxylation is 2. The van der Waals surface area contributed by atoms with Crippen molar-refractivity contribution in [2.45, 2.75) is 58.4 Å². The molecule has 156 valence electrons. The fourth-order valence-electron chi connectivity index (χ4n) is 4.24. The second-order valence-electron chi connectivity index (χ2n) is 8.32. The first kappa shape index (κ1) is 20.1. The normalized spacial score (nSPS) is 22.8. The summed E-state index contributed by atoms with van der Waals surface area (Å²) in [6.45, 7) is 4.20. The Balaban J connectivity index is 1.30. The van der Waals surface area contributed by atoms with Gasteiger partial charge in [0.25, 0.3) is 5.91 Å². The van der Waals surface area contributed by atoms with Gasteiger partial charge in [-0.25, -0.2) is 4.98 Å². The van der Waals surface area contributed by atoms with Crippen molar-refractivity contribution in [3.8, 4) is 0 Å². The molecule has 0 bridgehead atoms. The summed E-state index contributed by atoms with van der Waals surface area (Å²) in [5, 5.41) is 13.1. The Morgan fingerprint density at radius 2 is 1.97 bits per heavy atom. The van der Waals surface area contributed by atoms with Gasteiger partial charge in [0.2, 0.25) is 5.91 Å². The van der Waals surface area contributed by atoms with Crippen molar-refractivity contribution in [2.75, 3.05) is 6.54 Å². The minimum absolute atomic E-state index is 0.0148. The number of hydrogen-bond donors (Lipinski definition) is 2. The molecular formula is C21H28N4O3S. The summed E-state index contributed by atoms with van der Waals surface area (Å²) in [5.41, 5.74) is 1.17. The Morgan fingerprint density at radius 3 is 2.55 bits per heavy atom. The molecule has 8 heteroatoms. The summed E-state index contributed by atoms with van der Waals surface area (Å²) >= 11 is 1.62. The number of hydrogen-bond acceptors (Lipinski definition) is 6. The van der Waals surface area contributed by atoms with Crippen LogP contribution in [0.25, 0.3) is 0 Å². The van der Waals surface area contributed by atoms with Crippen molar-refractivity contribution >= 4 is 23.2 Å². The largest absolute Gasteiger partial charge is 0.361 e. The van der Waals surface area contributed by atoms with Gasteiger partial charge >= 0.3 is 0 Å². The minimum Gasteiger partial charge on any atom is -0.361 e. The molecule has 1 atom stereocenters. The number of nitrogens with zero attached hydrogens (tertiary/aromatic N) is 2. The van der Waals surface area contributed by atoms with Gasteiger partial charge in [0.05, 0.1) is 11.7 Å². The predicted molar refractivity (Wildman–Crippen MR) is 109 cm³/mol. The Hall–Kier alpha value is -2.22. The first-order valence-corrected chi connectivity index (χ1v) is 11.3. The van der Waals surface area contributed by atoms with E-state index in [9.17, 15) is 9.59 Å². The van der Waals surface area contributed by atoms with Crippen molar-refractivity contribution in [3.05, 3.63) is 33.6 Å². The molecule has 0 unspecified atom stereocenters. The van der Waals surface area contributed by atoms with E-state index in [0.717, 1.165) is 43.5 Å². The highest BCUT2D eigenvalue weighted by atomic mass is 32.1. The Labute approximate surface area is 174 Å². The molecule has 2 heterocycles. The maximum Gasteiger partial charge on any atom is 0.256 e. The zero-order valence-electron chi connectivity index (χ0n) is 16.9. The summed E-state index contributed by atoms with van der Waals surface area (Å²) in [6.07, 6.45) is 7.96. The maximum atomic E-state index is 12.4. The van der Waals surface area contributed by atoms with Crippen molar-refractivity contribution < 1.29 is 14.1 Å². The first-order valence-electron chi connectivity index (χ1n) is 10.4. The topological polar surface area (TPSA) is 97.1 Å². The summed E-state index contributed by atoms with van der Waals surface area (Å²) in [7, 11) is 0. The zero-order valence-corrected chi connectivity index (χ0v) is 17.8. The van der Waals surface area contributed by atoms with Crippen LogP contribution in [-0.4, -0.2) is 28.5 Å². The van der Waals surface area contributed by atoms with Crippen LogP contribution in [0.2, 0.25) is 0 Å². The zero-order chi connectivity index (χ0) is 20.4. The van der Waals surface area contributed by atoms with Crippen LogP contribution in [0.3, 0.4) is 0 Å². The number of amides is 2. The molecule has 0 saturated heterocycles. The third-order valence-corrected chi connectivity index (χ3v) is 7.00. The van der Waals surface area contributed by atoms with Crippen molar-refractivity contribution in [1.29, 1.82) is 0 Å². The van der Waals surface area contributed by atoms with Crippen LogP contribution in [0.1, 0.15) is 71.4 Å². The lowest BCUT2D eigenvalue weighted by Crippen LogP contribution is -2.37. The SMILES string of the molecule is Cc1noc(C)c1C(=O)NCC1CCC([C@H](NC(=O)C2CC2)c2nccs2)CC1. The average Bonchev–Trinajstić information content (AvgIpc) is 3.33. The molecule has 2 aromatic heterocycles. The number of carbonyl (C=O) groups is 2. The Morgan fingerprint density at radius 1 is 1.21 bits per heavy atom. The van der Waals surface area contributed by atoms with E-state index in [4.69, 9.17) is 4.52 Å². The monoisotopic (exact) mass is 416 g/mol. The lowest BCUT2D eigenvalue weighted by atomic mass is 9.78. The number of carbonyl (C=O) groups excluding carboxylic acids is 2. The molecular weight excluding hydrogens is 388 g/mol. The van der Waals surface area contributed by atoms with Crippen LogP contribution in [0.5, 0.6) is 0 Å². The van der Waals surface area contributed by atoms with E-state index in [2.05, 4.69) is 20.8 Å². The van der Waals surface area contributed by atoms with Gasteiger partial charge in [0.1, 0.15) is 16.3 Å². The third-order valence-electron chi connectivity index (χ3n) is 6.14. The van der Waals surface area contributed by atoms with E-state index >= 15 is 0 Å². The smallest absolute Gasteiger partial charge is 0.256 e. The lowest BCUT2D eigenvalue weighted by Gasteiger charge is -2.33. The second-order valence-corrected chi connectivity index (χ2v) is 9.25. The molecule has 2 aliphatic carbocycles. The molecule has 29 heavy (non-hydrogen) atoms. The second kappa shape index (κ2) is 8.65.